The molecule has 1 heterocycles. The van der Waals surface area contributed by atoms with Gasteiger partial charge in [0.25, 0.3) is 0 Å². The summed E-state index contributed by atoms with van der Waals surface area (Å²) in [6, 6.07) is 3.76. The van der Waals surface area contributed by atoms with Gasteiger partial charge >= 0.3 is 0 Å². The summed E-state index contributed by atoms with van der Waals surface area (Å²) in [6.45, 7) is 0.559. The topological polar surface area (TPSA) is 74.8 Å². The molecule has 0 aliphatic heterocycles. The van der Waals surface area contributed by atoms with Crippen molar-refractivity contribution in [3.05, 3.63) is 30.1 Å². The van der Waals surface area contributed by atoms with Crippen molar-refractivity contribution in [2.24, 2.45) is 5.73 Å². The second-order valence-corrected chi connectivity index (χ2v) is 2.13. The third-order valence-corrected chi connectivity index (χ3v) is 1.21. The molecule has 12 heavy (non-hydrogen) atoms. The zero-order valence-corrected chi connectivity index (χ0v) is 7.27. The van der Waals surface area contributed by atoms with Gasteiger partial charge in [-0.25, -0.2) is 0 Å². The monoisotopic (exact) mass is 186 g/mol. The molecule has 0 aromatic carbocycles. The van der Waals surface area contributed by atoms with Gasteiger partial charge in [0, 0.05) is 18.9 Å². The van der Waals surface area contributed by atoms with Gasteiger partial charge < -0.3 is 11.1 Å². The number of rotatable bonds is 2. The summed E-state index contributed by atoms with van der Waals surface area (Å²) >= 11 is 0. The largest absolute Gasteiger partial charge is 0.370 e. The molecular formula is C7H11ClN4. The first kappa shape index (κ1) is 10.7. The van der Waals surface area contributed by atoms with Crippen LogP contribution in [0.4, 0.5) is 0 Å². The zero-order chi connectivity index (χ0) is 8.10. The lowest BCUT2D eigenvalue weighted by Gasteiger charge is -2.01. The van der Waals surface area contributed by atoms with Crippen molar-refractivity contribution in [1.82, 2.24) is 10.3 Å². The van der Waals surface area contributed by atoms with E-state index in [2.05, 4.69) is 10.3 Å². The van der Waals surface area contributed by atoms with Gasteiger partial charge in [0.1, 0.15) is 0 Å². The molecule has 5 heteroatoms. The molecule has 1 aromatic heterocycles. The summed E-state index contributed by atoms with van der Waals surface area (Å²) in [7, 11) is 0. The Balaban J connectivity index is 0.00000121. The number of aromatic nitrogens is 1. The Kier molecular flexibility index (Phi) is 4.79. The molecule has 1 rings (SSSR count). The fourth-order valence-corrected chi connectivity index (χ4v) is 0.700. The summed E-state index contributed by atoms with van der Waals surface area (Å²) < 4.78 is 0. The molecule has 0 amide bonds. The zero-order valence-electron chi connectivity index (χ0n) is 6.45. The van der Waals surface area contributed by atoms with Crippen LogP contribution >= 0.6 is 12.4 Å². The van der Waals surface area contributed by atoms with Crippen molar-refractivity contribution >= 4 is 18.4 Å². The SMILES string of the molecule is Cl.N=C(N)NCc1cccnc1. The van der Waals surface area contributed by atoms with E-state index in [4.69, 9.17) is 11.1 Å². The van der Waals surface area contributed by atoms with Gasteiger partial charge in [-0.3, -0.25) is 10.4 Å². The van der Waals surface area contributed by atoms with E-state index in [0.717, 1.165) is 5.56 Å². The molecule has 4 nitrogen and oxygen atoms in total. The molecule has 1 aromatic rings. The highest BCUT2D eigenvalue weighted by molar-refractivity contribution is 5.85. The number of pyridine rings is 1. The Hall–Kier alpha value is -1.29. The average molecular weight is 187 g/mol. The van der Waals surface area contributed by atoms with E-state index in [1.807, 2.05) is 12.1 Å². The number of nitrogens with zero attached hydrogens (tertiary/aromatic N) is 1. The quantitative estimate of drug-likeness (QED) is 0.465. The van der Waals surface area contributed by atoms with Crippen LogP contribution in [0.3, 0.4) is 0 Å². The van der Waals surface area contributed by atoms with Crippen molar-refractivity contribution < 1.29 is 0 Å². The summed E-state index contributed by atoms with van der Waals surface area (Å²) in [4.78, 5) is 3.91. The Morgan fingerprint density at radius 1 is 1.67 bits per heavy atom. The second-order valence-electron chi connectivity index (χ2n) is 2.13. The number of guanidine groups is 1. The van der Waals surface area contributed by atoms with Crippen molar-refractivity contribution in [3.8, 4) is 0 Å². The van der Waals surface area contributed by atoms with Crippen LogP contribution in [-0.4, -0.2) is 10.9 Å². The molecular weight excluding hydrogens is 176 g/mol. The maximum absolute atomic E-state index is 6.89. The Bertz CT molecular complexity index is 236. The molecule has 0 fully saturated rings. The maximum Gasteiger partial charge on any atom is 0.185 e. The minimum atomic E-state index is -0.0196. The number of hydrogen-bond acceptors (Lipinski definition) is 2. The predicted molar refractivity (Wildman–Crippen MR) is 50.2 cm³/mol. The summed E-state index contributed by atoms with van der Waals surface area (Å²) in [5.74, 6) is -0.0196. The van der Waals surface area contributed by atoms with Crippen LogP contribution in [0, 0.1) is 5.41 Å². The third kappa shape index (κ3) is 3.78. The standard InChI is InChI=1S/C7H10N4.ClH/c8-7(9)11-5-6-2-1-3-10-4-6;/h1-4H,5H2,(H4,8,9,11);1H. The molecule has 0 atom stereocenters. The molecule has 0 aliphatic rings. The molecule has 0 aliphatic carbocycles. The summed E-state index contributed by atoms with van der Waals surface area (Å²) in [5, 5.41) is 9.57. The van der Waals surface area contributed by atoms with Gasteiger partial charge in [-0.15, -0.1) is 12.4 Å². The van der Waals surface area contributed by atoms with Gasteiger partial charge in [-0.05, 0) is 11.6 Å². The fourth-order valence-electron chi connectivity index (χ4n) is 0.700. The molecule has 0 radical (unpaired) electrons. The van der Waals surface area contributed by atoms with Gasteiger partial charge in [-0.2, -0.15) is 0 Å². The predicted octanol–water partition coefficient (Wildman–Crippen LogP) is 0.486. The summed E-state index contributed by atoms with van der Waals surface area (Å²) in [6.07, 6.45) is 3.44. The van der Waals surface area contributed by atoms with Crippen LogP contribution < -0.4 is 11.1 Å². The Labute approximate surface area is 77.1 Å². The smallest absolute Gasteiger partial charge is 0.185 e. The van der Waals surface area contributed by atoms with Crippen LogP contribution in [-0.2, 0) is 6.54 Å². The van der Waals surface area contributed by atoms with Crippen LogP contribution in [0.15, 0.2) is 24.5 Å². The number of hydrogen-bond donors (Lipinski definition) is 3. The molecule has 4 N–H and O–H groups in total. The van der Waals surface area contributed by atoms with E-state index in [1.165, 1.54) is 0 Å². The van der Waals surface area contributed by atoms with Gasteiger partial charge in [0.05, 0.1) is 0 Å². The first-order valence-corrected chi connectivity index (χ1v) is 3.26. The normalized spacial score (nSPS) is 8.33. The van der Waals surface area contributed by atoms with Crippen molar-refractivity contribution in [3.63, 3.8) is 0 Å². The van der Waals surface area contributed by atoms with E-state index in [0.29, 0.717) is 6.54 Å². The first-order valence-electron chi connectivity index (χ1n) is 3.26. The highest BCUT2D eigenvalue weighted by atomic mass is 35.5. The second kappa shape index (κ2) is 5.37. The van der Waals surface area contributed by atoms with Crippen LogP contribution in [0.1, 0.15) is 5.56 Å². The first-order chi connectivity index (χ1) is 5.29. The summed E-state index contributed by atoms with van der Waals surface area (Å²) in [5.41, 5.74) is 6.11. The van der Waals surface area contributed by atoms with Gasteiger partial charge in [0.15, 0.2) is 5.96 Å². The lowest BCUT2D eigenvalue weighted by atomic mass is 10.3. The lowest BCUT2D eigenvalue weighted by molar-refractivity contribution is 0.889. The minimum Gasteiger partial charge on any atom is -0.370 e. The number of halogens is 1. The molecule has 0 saturated heterocycles. The fraction of sp³-hybridized carbons (Fsp3) is 0.143. The lowest BCUT2D eigenvalue weighted by Crippen LogP contribution is -2.29. The van der Waals surface area contributed by atoms with E-state index in [-0.39, 0.29) is 18.4 Å². The van der Waals surface area contributed by atoms with Crippen molar-refractivity contribution in [2.45, 2.75) is 6.54 Å². The molecule has 66 valence electrons. The third-order valence-electron chi connectivity index (χ3n) is 1.21. The van der Waals surface area contributed by atoms with Crippen LogP contribution in [0.2, 0.25) is 0 Å². The Morgan fingerprint density at radius 3 is 2.92 bits per heavy atom. The van der Waals surface area contributed by atoms with E-state index >= 15 is 0 Å². The van der Waals surface area contributed by atoms with E-state index in [9.17, 15) is 0 Å². The van der Waals surface area contributed by atoms with Gasteiger partial charge in [0.2, 0.25) is 0 Å². The van der Waals surface area contributed by atoms with E-state index in [1.54, 1.807) is 12.4 Å². The number of nitrogens with one attached hydrogen (secondary N) is 2. The molecule has 0 unspecified atom stereocenters. The maximum atomic E-state index is 6.89. The minimum absolute atomic E-state index is 0. The Morgan fingerprint density at radius 2 is 2.42 bits per heavy atom. The molecule has 0 bridgehead atoms. The van der Waals surface area contributed by atoms with Gasteiger partial charge in [-0.1, -0.05) is 6.07 Å². The molecule has 0 spiro atoms. The van der Waals surface area contributed by atoms with E-state index < -0.39 is 0 Å². The number of nitrogens with two attached hydrogens (primary N) is 1. The van der Waals surface area contributed by atoms with Crippen LogP contribution in [0.25, 0.3) is 0 Å². The molecule has 0 saturated carbocycles. The van der Waals surface area contributed by atoms with Crippen molar-refractivity contribution in [1.29, 1.82) is 5.41 Å². The average Bonchev–Trinajstić information content (AvgIpc) is 2.03. The van der Waals surface area contributed by atoms with Crippen LogP contribution in [0.5, 0.6) is 0 Å². The highest BCUT2D eigenvalue weighted by Crippen LogP contribution is 1.92. The highest BCUT2D eigenvalue weighted by Gasteiger charge is 1.90. The van der Waals surface area contributed by atoms with Crippen molar-refractivity contribution in [2.75, 3.05) is 0 Å².